The van der Waals surface area contributed by atoms with E-state index in [1.54, 1.807) is 13.0 Å². The Kier molecular flexibility index (Phi) is 7.05. The molecule has 1 fully saturated rings. The predicted molar refractivity (Wildman–Crippen MR) is 118 cm³/mol. The van der Waals surface area contributed by atoms with Gasteiger partial charge in [-0.15, -0.1) is 0 Å². The monoisotopic (exact) mass is 409 g/mol. The molecule has 0 saturated carbocycles. The third kappa shape index (κ3) is 5.36. The summed E-state index contributed by atoms with van der Waals surface area (Å²) in [5.41, 5.74) is 8.61. The second-order valence-electron chi connectivity index (χ2n) is 8.06. The molecule has 30 heavy (non-hydrogen) atoms. The van der Waals surface area contributed by atoms with Gasteiger partial charge in [0, 0.05) is 12.2 Å². The zero-order chi connectivity index (χ0) is 21.7. The minimum atomic E-state index is -0.620. The number of likely N-dealkylation sites (tertiary alicyclic amines) is 1. The van der Waals surface area contributed by atoms with E-state index in [9.17, 15) is 9.59 Å². The second-order valence-corrected chi connectivity index (χ2v) is 8.06. The number of nitrogens with one attached hydrogen (secondary N) is 2. The molecule has 1 aliphatic rings. The van der Waals surface area contributed by atoms with E-state index in [0.29, 0.717) is 18.3 Å². The summed E-state index contributed by atoms with van der Waals surface area (Å²) >= 11 is 0. The average molecular weight is 410 g/mol. The number of likely N-dealkylation sites (N-methyl/N-ethyl adjacent to an activating group) is 1. The quantitative estimate of drug-likeness (QED) is 0.677. The lowest BCUT2D eigenvalue weighted by atomic mass is 9.85. The fraction of sp³-hybridized carbons (Fsp3) is 0.435. The molecule has 1 saturated heterocycles. The smallest absolute Gasteiger partial charge is 0.242 e. The summed E-state index contributed by atoms with van der Waals surface area (Å²) in [5.74, 6) is 0.473. The van der Waals surface area contributed by atoms with Gasteiger partial charge in [-0.05, 0) is 63.4 Å². The largest absolute Gasteiger partial charge is 0.384 e. The SMILES string of the molecule is Cc1nc(N)ccc1CNC(=O)[C@H](C)NC(=O)[C@H]1C[C@@H](c2ccccc2)CCN1C. The summed E-state index contributed by atoms with van der Waals surface area (Å²) in [7, 11) is 1.97. The first-order valence-electron chi connectivity index (χ1n) is 10.4. The van der Waals surface area contributed by atoms with Crippen LogP contribution < -0.4 is 16.4 Å². The molecule has 0 radical (unpaired) electrons. The van der Waals surface area contributed by atoms with Gasteiger partial charge in [-0.1, -0.05) is 36.4 Å². The fourth-order valence-corrected chi connectivity index (χ4v) is 3.92. The van der Waals surface area contributed by atoms with Crippen molar-refractivity contribution in [2.24, 2.45) is 0 Å². The van der Waals surface area contributed by atoms with E-state index in [2.05, 4.69) is 32.7 Å². The van der Waals surface area contributed by atoms with E-state index >= 15 is 0 Å². The molecular formula is C23H31N5O2. The number of aromatic nitrogens is 1. The van der Waals surface area contributed by atoms with Gasteiger partial charge in [0.05, 0.1) is 6.04 Å². The highest BCUT2D eigenvalue weighted by atomic mass is 16.2. The first-order valence-corrected chi connectivity index (χ1v) is 10.4. The van der Waals surface area contributed by atoms with Crippen molar-refractivity contribution in [3.63, 3.8) is 0 Å². The van der Waals surface area contributed by atoms with Gasteiger partial charge in [-0.25, -0.2) is 4.98 Å². The lowest BCUT2D eigenvalue weighted by Crippen LogP contribution is -2.53. The summed E-state index contributed by atoms with van der Waals surface area (Å²) in [5, 5.41) is 5.75. The van der Waals surface area contributed by atoms with E-state index in [-0.39, 0.29) is 17.9 Å². The lowest BCUT2D eigenvalue weighted by molar-refractivity contribution is -0.132. The Balaban J connectivity index is 1.55. The molecule has 2 amide bonds. The molecule has 1 aromatic heterocycles. The highest BCUT2D eigenvalue weighted by Gasteiger charge is 2.33. The van der Waals surface area contributed by atoms with Crippen LogP contribution in [0.3, 0.4) is 0 Å². The van der Waals surface area contributed by atoms with Crippen LogP contribution in [0, 0.1) is 6.92 Å². The number of hydrogen-bond acceptors (Lipinski definition) is 5. The number of piperidine rings is 1. The van der Waals surface area contributed by atoms with Crippen molar-refractivity contribution in [3.05, 3.63) is 59.3 Å². The summed E-state index contributed by atoms with van der Waals surface area (Å²) < 4.78 is 0. The van der Waals surface area contributed by atoms with E-state index in [0.717, 1.165) is 30.6 Å². The van der Waals surface area contributed by atoms with E-state index in [1.165, 1.54) is 5.56 Å². The predicted octanol–water partition coefficient (Wildman–Crippen LogP) is 1.97. The number of hydrogen-bond donors (Lipinski definition) is 3. The van der Waals surface area contributed by atoms with E-state index in [1.807, 2.05) is 38.2 Å². The molecule has 7 nitrogen and oxygen atoms in total. The molecule has 160 valence electrons. The third-order valence-electron chi connectivity index (χ3n) is 5.87. The third-order valence-corrected chi connectivity index (χ3v) is 5.87. The molecule has 4 N–H and O–H groups in total. The highest BCUT2D eigenvalue weighted by molar-refractivity contribution is 5.89. The number of rotatable bonds is 6. The first kappa shape index (κ1) is 21.8. The van der Waals surface area contributed by atoms with Crippen molar-refractivity contribution in [2.45, 2.75) is 51.2 Å². The first-order chi connectivity index (χ1) is 14.3. The van der Waals surface area contributed by atoms with Crippen LogP contribution in [0.2, 0.25) is 0 Å². The second kappa shape index (κ2) is 9.71. The molecule has 2 aromatic rings. The van der Waals surface area contributed by atoms with E-state index < -0.39 is 6.04 Å². The van der Waals surface area contributed by atoms with Crippen molar-refractivity contribution in [1.82, 2.24) is 20.5 Å². The Labute approximate surface area is 178 Å². The molecule has 0 unspecified atom stereocenters. The molecule has 0 bridgehead atoms. The van der Waals surface area contributed by atoms with Crippen LogP contribution in [0.1, 0.15) is 42.5 Å². The molecule has 1 aliphatic heterocycles. The van der Waals surface area contributed by atoms with Gasteiger partial charge in [0.25, 0.3) is 0 Å². The Bertz CT molecular complexity index is 886. The van der Waals surface area contributed by atoms with Crippen molar-refractivity contribution < 1.29 is 9.59 Å². The van der Waals surface area contributed by atoms with Crippen LogP contribution in [-0.2, 0) is 16.1 Å². The molecule has 3 rings (SSSR count). The Hall–Kier alpha value is -2.93. The zero-order valence-electron chi connectivity index (χ0n) is 17.9. The standard InChI is InChI=1S/C23H31N5O2/c1-15-19(9-10-21(24)26-15)14-25-22(29)16(2)27-23(30)20-13-18(11-12-28(20)3)17-7-5-4-6-8-17/h4-10,16,18,20H,11-14H2,1-3H3,(H2,24,26)(H,25,29)(H,27,30)/t16-,18-,20+/m0/s1. The summed E-state index contributed by atoms with van der Waals surface area (Å²) in [4.78, 5) is 31.7. The van der Waals surface area contributed by atoms with Gasteiger partial charge < -0.3 is 16.4 Å². The molecular weight excluding hydrogens is 378 g/mol. The molecule has 0 spiro atoms. The van der Waals surface area contributed by atoms with Gasteiger partial charge in [-0.2, -0.15) is 0 Å². The number of nitrogens with two attached hydrogens (primary N) is 1. The van der Waals surface area contributed by atoms with E-state index in [4.69, 9.17) is 5.73 Å². The van der Waals surface area contributed by atoms with Gasteiger partial charge in [-0.3, -0.25) is 14.5 Å². The van der Waals surface area contributed by atoms with Crippen LogP contribution in [0.4, 0.5) is 5.82 Å². The van der Waals surface area contributed by atoms with Gasteiger partial charge >= 0.3 is 0 Å². The van der Waals surface area contributed by atoms with Crippen LogP contribution in [-0.4, -0.2) is 47.4 Å². The van der Waals surface area contributed by atoms with Crippen molar-refractivity contribution >= 4 is 17.6 Å². The Morgan fingerprint density at radius 2 is 1.97 bits per heavy atom. The summed E-state index contributed by atoms with van der Waals surface area (Å²) in [6.45, 7) is 4.75. The maximum absolute atomic E-state index is 12.9. The highest BCUT2D eigenvalue weighted by Crippen LogP contribution is 2.30. The average Bonchev–Trinajstić information content (AvgIpc) is 2.73. The number of nitrogens with zero attached hydrogens (tertiary/aromatic N) is 2. The van der Waals surface area contributed by atoms with Crippen LogP contribution in [0.15, 0.2) is 42.5 Å². The molecule has 2 heterocycles. The minimum absolute atomic E-state index is 0.105. The van der Waals surface area contributed by atoms with Gasteiger partial charge in [0.2, 0.25) is 11.8 Å². The maximum atomic E-state index is 12.9. The Morgan fingerprint density at radius 1 is 1.23 bits per heavy atom. The van der Waals surface area contributed by atoms with Crippen LogP contribution >= 0.6 is 0 Å². The van der Waals surface area contributed by atoms with Crippen LogP contribution in [0.5, 0.6) is 0 Å². The Morgan fingerprint density at radius 3 is 2.67 bits per heavy atom. The number of carbonyl (C=O) groups is 2. The van der Waals surface area contributed by atoms with Gasteiger partial charge in [0.15, 0.2) is 0 Å². The molecule has 7 heteroatoms. The number of nitrogen functional groups attached to an aromatic ring is 1. The zero-order valence-corrected chi connectivity index (χ0v) is 17.9. The summed E-state index contributed by atoms with van der Waals surface area (Å²) in [6.07, 6.45) is 1.77. The normalized spacial score (nSPS) is 20.4. The van der Waals surface area contributed by atoms with Crippen molar-refractivity contribution in [3.8, 4) is 0 Å². The number of anilines is 1. The summed E-state index contributed by atoms with van der Waals surface area (Å²) in [6, 6.07) is 13.0. The molecule has 1 aromatic carbocycles. The lowest BCUT2D eigenvalue weighted by Gasteiger charge is -2.36. The maximum Gasteiger partial charge on any atom is 0.242 e. The van der Waals surface area contributed by atoms with Gasteiger partial charge in [0.1, 0.15) is 11.9 Å². The number of carbonyl (C=O) groups excluding carboxylic acids is 2. The number of pyridine rings is 1. The minimum Gasteiger partial charge on any atom is -0.384 e. The molecule has 3 atom stereocenters. The fourth-order valence-electron chi connectivity index (χ4n) is 3.92. The number of benzene rings is 1. The van der Waals surface area contributed by atoms with Crippen molar-refractivity contribution in [2.75, 3.05) is 19.3 Å². The number of aryl methyl sites for hydroxylation is 1. The van der Waals surface area contributed by atoms with Crippen LogP contribution in [0.25, 0.3) is 0 Å². The van der Waals surface area contributed by atoms with Crippen molar-refractivity contribution in [1.29, 1.82) is 0 Å². The number of amides is 2. The topological polar surface area (TPSA) is 100 Å². The molecule has 0 aliphatic carbocycles.